The van der Waals surface area contributed by atoms with Crippen molar-refractivity contribution in [2.24, 2.45) is 0 Å². The lowest BCUT2D eigenvalue weighted by Crippen LogP contribution is -2.49. The molecule has 1 aromatic carbocycles. The highest BCUT2D eigenvalue weighted by atomic mass is 35.5. The molecular weight excluding hydrogens is 326 g/mol. The van der Waals surface area contributed by atoms with Crippen LogP contribution < -0.4 is 5.32 Å². The Balaban J connectivity index is 1.93. The summed E-state index contributed by atoms with van der Waals surface area (Å²) in [6, 6.07) is 7.21. The maximum absolute atomic E-state index is 13.1. The summed E-state index contributed by atoms with van der Waals surface area (Å²) in [6.45, 7) is 4.60. The first-order valence-corrected chi connectivity index (χ1v) is 8.45. The molecule has 6 heteroatoms. The molecular formula is C18H20ClN3O2. The molecule has 1 aliphatic rings. The number of hydrogen-bond acceptors (Lipinski definition) is 3. The normalized spacial score (nSPS) is 17.8. The number of carbonyl (C=O) groups excluding carboxylic acids is 2. The molecule has 1 fully saturated rings. The van der Waals surface area contributed by atoms with Crippen LogP contribution in [0.3, 0.4) is 0 Å². The average molecular weight is 346 g/mol. The average Bonchev–Trinajstić information content (AvgIpc) is 2.53. The Bertz CT molecular complexity index is 806. The van der Waals surface area contributed by atoms with Crippen LogP contribution in [0.1, 0.15) is 35.8 Å². The van der Waals surface area contributed by atoms with Crippen LogP contribution in [0.4, 0.5) is 0 Å². The minimum Gasteiger partial charge on any atom is -0.352 e. The maximum atomic E-state index is 13.1. The number of likely N-dealkylation sites (tertiary alicyclic amines) is 1. The number of carbonyl (C=O) groups is 2. The molecule has 2 aromatic rings. The van der Waals surface area contributed by atoms with Crippen molar-refractivity contribution in [2.45, 2.75) is 32.7 Å². The van der Waals surface area contributed by atoms with Gasteiger partial charge in [-0.1, -0.05) is 11.6 Å². The second kappa shape index (κ2) is 6.77. The fourth-order valence-electron chi connectivity index (χ4n) is 3.24. The number of aromatic nitrogens is 1. The maximum Gasteiger partial charge on any atom is 0.254 e. The number of hydrogen-bond donors (Lipinski definition) is 1. The minimum absolute atomic E-state index is 0.0120. The first-order chi connectivity index (χ1) is 11.4. The van der Waals surface area contributed by atoms with Crippen molar-refractivity contribution >= 4 is 34.3 Å². The summed E-state index contributed by atoms with van der Waals surface area (Å²) in [7, 11) is 0. The van der Waals surface area contributed by atoms with Crippen molar-refractivity contribution < 1.29 is 9.59 Å². The molecule has 1 saturated heterocycles. The van der Waals surface area contributed by atoms with Gasteiger partial charge in [0.2, 0.25) is 5.91 Å². The van der Waals surface area contributed by atoms with Gasteiger partial charge in [0.25, 0.3) is 5.91 Å². The monoisotopic (exact) mass is 345 g/mol. The lowest BCUT2D eigenvalue weighted by atomic mass is 10.0. The second-order valence-corrected chi connectivity index (χ2v) is 6.70. The van der Waals surface area contributed by atoms with Gasteiger partial charge < -0.3 is 10.2 Å². The van der Waals surface area contributed by atoms with Crippen LogP contribution in [0.25, 0.3) is 10.9 Å². The molecule has 0 aliphatic carbocycles. The summed E-state index contributed by atoms with van der Waals surface area (Å²) < 4.78 is 0. The standard InChI is InChI=1S/C18H20ClN3O2/c1-11-8-16(15-9-13(19)5-6-17(15)20-11)18(24)22-7-3-4-14(10-22)21-12(2)23/h5-6,8-9,14H,3-4,7,10H2,1-2H3,(H,21,23). The number of rotatable bonds is 2. The molecule has 1 aliphatic heterocycles. The Labute approximate surface area is 146 Å². The van der Waals surface area contributed by atoms with Crippen molar-refractivity contribution in [3.05, 3.63) is 40.5 Å². The molecule has 24 heavy (non-hydrogen) atoms. The molecule has 1 N–H and O–H groups in total. The van der Waals surface area contributed by atoms with Gasteiger partial charge in [-0.05, 0) is 44.0 Å². The minimum atomic E-state index is -0.0636. The number of piperidine rings is 1. The van der Waals surface area contributed by atoms with Gasteiger partial charge >= 0.3 is 0 Å². The Kier molecular flexibility index (Phi) is 4.71. The van der Waals surface area contributed by atoms with Crippen LogP contribution in [0, 0.1) is 6.92 Å². The van der Waals surface area contributed by atoms with Gasteiger partial charge in [-0.15, -0.1) is 0 Å². The zero-order valence-corrected chi connectivity index (χ0v) is 14.6. The molecule has 0 spiro atoms. The van der Waals surface area contributed by atoms with E-state index in [1.54, 1.807) is 17.0 Å². The van der Waals surface area contributed by atoms with Crippen LogP contribution in [0.2, 0.25) is 5.02 Å². The number of fused-ring (bicyclic) bond motifs is 1. The Morgan fingerprint density at radius 3 is 2.88 bits per heavy atom. The van der Waals surface area contributed by atoms with E-state index in [1.165, 1.54) is 6.92 Å². The number of benzene rings is 1. The number of nitrogens with one attached hydrogen (secondary N) is 1. The quantitative estimate of drug-likeness (QED) is 0.910. The third-order valence-electron chi connectivity index (χ3n) is 4.25. The van der Waals surface area contributed by atoms with E-state index in [0.29, 0.717) is 23.7 Å². The van der Waals surface area contributed by atoms with E-state index in [-0.39, 0.29) is 17.9 Å². The van der Waals surface area contributed by atoms with Crippen LogP contribution >= 0.6 is 11.6 Å². The van der Waals surface area contributed by atoms with Crippen molar-refractivity contribution in [1.82, 2.24) is 15.2 Å². The predicted octanol–water partition coefficient (Wildman–Crippen LogP) is 2.94. The zero-order chi connectivity index (χ0) is 17.3. The van der Waals surface area contributed by atoms with E-state index in [4.69, 9.17) is 11.6 Å². The summed E-state index contributed by atoms with van der Waals surface area (Å²) in [5.74, 6) is -0.103. The first kappa shape index (κ1) is 16.7. The summed E-state index contributed by atoms with van der Waals surface area (Å²) in [5, 5.41) is 4.25. The number of nitrogens with zero attached hydrogens (tertiary/aromatic N) is 2. The van der Waals surface area contributed by atoms with Gasteiger partial charge in [0.1, 0.15) is 0 Å². The molecule has 0 saturated carbocycles. The van der Waals surface area contributed by atoms with Gasteiger partial charge in [-0.3, -0.25) is 14.6 Å². The van der Waals surface area contributed by atoms with E-state index in [1.807, 2.05) is 19.1 Å². The van der Waals surface area contributed by atoms with Crippen LogP contribution in [0.5, 0.6) is 0 Å². The van der Waals surface area contributed by atoms with Crippen LogP contribution in [-0.2, 0) is 4.79 Å². The van der Waals surface area contributed by atoms with Gasteiger partial charge in [-0.2, -0.15) is 0 Å². The van der Waals surface area contributed by atoms with E-state index in [9.17, 15) is 9.59 Å². The van der Waals surface area contributed by atoms with Crippen LogP contribution in [-0.4, -0.2) is 40.8 Å². The van der Waals surface area contributed by atoms with Crippen molar-refractivity contribution in [1.29, 1.82) is 0 Å². The highest BCUT2D eigenvalue weighted by Crippen LogP contribution is 2.24. The van der Waals surface area contributed by atoms with Crippen molar-refractivity contribution in [2.75, 3.05) is 13.1 Å². The molecule has 1 aromatic heterocycles. The number of halogens is 1. The Morgan fingerprint density at radius 2 is 2.12 bits per heavy atom. The van der Waals surface area contributed by atoms with E-state index >= 15 is 0 Å². The SMILES string of the molecule is CC(=O)NC1CCCN(C(=O)c2cc(C)nc3ccc(Cl)cc23)C1. The lowest BCUT2D eigenvalue weighted by Gasteiger charge is -2.33. The third kappa shape index (κ3) is 3.51. The summed E-state index contributed by atoms with van der Waals surface area (Å²) in [6.07, 6.45) is 1.77. The van der Waals surface area contributed by atoms with Crippen molar-refractivity contribution in [3.8, 4) is 0 Å². The van der Waals surface area contributed by atoms with Gasteiger partial charge in [0.05, 0.1) is 11.1 Å². The first-order valence-electron chi connectivity index (χ1n) is 8.07. The molecule has 1 atom stereocenters. The number of aryl methyl sites for hydroxylation is 1. The number of amides is 2. The molecule has 1 unspecified atom stereocenters. The molecule has 5 nitrogen and oxygen atoms in total. The lowest BCUT2D eigenvalue weighted by molar-refractivity contribution is -0.120. The van der Waals surface area contributed by atoms with Gasteiger partial charge in [-0.25, -0.2) is 0 Å². The smallest absolute Gasteiger partial charge is 0.254 e. The molecule has 0 radical (unpaired) electrons. The topological polar surface area (TPSA) is 62.3 Å². The fraction of sp³-hybridized carbons (Fsp3) is 0.389. The predicted molar refractivity (Wildman–Crippen MR) is 94.2 cm³/mol. The van der Waals surface area contributed by atoms with E-state index in [2.05, 4.69) is 10.3 Å². The van der Waals surface area contributed by atoms with Crippen molar-refractivity contribution in [3.63, 3.8) is 0 Å². The third-order valence-corrected chi connectivity index (χ3v) is 4.48. The molecule has 2 amide bonds. The highest BCUT2D eigenvalue weighted by Gasteiger charge is 2.26. The summed E-state index contributed by atoms with van der Waals surface area (Å²) >= 11 is 6.10. The van der Waals surface area contributed by atoms with E-state index < -0.39 is 0 Å². The molecule has 126 valence electrons. The van der Waals surface area contributed by atoms with Gasteiger partial charge in [0.15, 0.2) is 0 Å². The summed E-state index contributed by atoms with van der Waals surface area (Å²) in [4.78, 5) is 30.6. The Morgan fingerprint density at radius 1 is 1.33 bits per heavy atom. The fourth-order valence-corrected chi connectivity index (χ4v) is 3.42. The highest BCUT2D eigenvalue weighted by molar-refractivity contribution is 6.31. The zero-order valence-electron chi connectivity index (χ0n) is 13.8. The molecule has 0 bridgehead atoms. The molecule has 2 heterocycles. The molecule has 3 rings (SSSR count). The largest absolute Gasteiger partial charge is 0.352 e. The number of pyridine rings is 1. The van der Waals surface area contributed by atoms with E-state index in [0.717, 1.165) is 29.4 Å². The van der Waals surface area contributed by atoms with Crippen LogP contribution in [0.15, 0.2) is 24.3 Å². The second-order valence-electron chi connectivity index (χ2n) is 6.26. The Hall–Kier alpha value is -2.14. The summed E-state index contributed by atoms with van der Waals surface area (Å²) in [5.41, 5.74) is 2.17. The van der Waals surface area contributed by atoms with Gasteiger partial charge in [0, 0.05) is 42.2 Å².